The lowest BCUT2D eigenvalue weighted by Crippen LogP contribution is -2.52. The van der Waals surface area contributed by atoms with Gasteiger partial charge in [0, 0.05) is 19.2 Å². The van der Waals surface area contributed by atoms with Gasteiger partial charge in [0.2, 0.25) is 0 Å². The predicted octanol–water partition coefficient (Wildman–Crippen LogP) is 5.88. The van der Waals surface area contributed by atoms with Crippen molar-refractivity contribution in [3.05, 3.63) is 46.0 Å². The van der Waals surface area contributed by atoms with Crippen LogP contribution in [0.4, 0.5) is 4.79 Å². The van der Waals surface area contributed by atoms with Gasteiger partial charge >= 0.3 is 11.7 Å². The first kappa shape index (κ1) is 25.2. The molecule has 1 aromatic heterocycles. The van der Waals surface area contributed by atoms with Crippen LogP contribution in [0.2, 0.25) is 0 Å². The van der Waals surface area contributed by atoms with E-state index in [4.69, 9.17) is 9.15 Å². The molecule has 1 aromatic rings. The Kier molecular flexibility index (Phi) is 6.75. The van der Waals surface area contributed by atoms with Crippen molar-refractivity contribution in [3.63, 3.8) is 0 Å². The molecule has 0 aromatic carbocycles. The second kappa shape index (κ2) is 9.91. The Balaban J connectivity index is 1.07. The zero-order chi connectivity index (χ0) is 25.6. The number of nitrogens with zero attached hydrogens (tertiary/aromatic N) is 1. The van der Waals surface area contributed by atoms with E-state index in [2.05, 4.69) is 30.1 Å². The number of likely N-dealkylation sites (tertiary alicyclic amines) is 1. The van der Waals surface area contributed by atoms with Gasteiger partial charge in [-0.3, -0.25) is 0 Å². The first-order valence-electron chi connectivity index (χ1n) is 14.8. The number of ether oxygens (including phenoxy) is 1. The van der Waals surface area contributed by atoms with Crippen LogP contribution in [-0.4, -0.2) is 43.3 Å². The second-order valence-corrected chi connectivity index (χ2v) is 13.1. The maximum atomic E-state index is 12.5. The molecular formula is C31H44N2O4. The number of carbonyl (C=O) groups excluding carboxylic acids is 1. The molecule has 2 heterocycles. The summed E-state index contributed by atoms with van der Waals surface area (Å²) < 4.78 is 11.2. The fourth-order valence-electron chi connectivity index (χ4n) is 9.24. The SMILES string of the molecule is CC12CCC3C(CCC4CC(OC(=O)NCCN5CCCC5)CCC43C)C1=CCC2c1ccc(=O)oc1. The van der Waals surface area contributed by atoms with E-state index >= 15 is 0 Å². The van der Waals surface area contributed by atoms with Crippen molar-refractivity contribution in [1.82, 2.24) is 10.2 Å². The normalized spacial score (nSPS) is 39.3. The number of nitrogens with one attached hydrogen (secondary N) is 1. The van der Waals surface area contributed by atoms with Crippen molar-refractivity contribution >= 4 is 6.09 Å². The van der Waals surface area contributed by atoms with Gasteiger partial charge in [0.1, 0.15) is 6.10 Å². The number of rotatable bonds is 5. The Bertz CT molecular complexity index is 1070. The molecule has 1 amide bonds. The van der Waals surface area contributed by atoms with Crippen molar-refractivity contribution in [3.8, 4) is 0 Å². The van der Waals surface area contributed by atoms with Crippen molar-refractivity contribution in [2.45, 2.75) is 90.1 Å². The lowest BCUT2D eigenvalue weighted by Gasteiger charge is -2.59. The molecule has 1 N–H and O–H groups in total. The molecule has 1 saturated heterocycles. The first-order chi connectivity index (χ1) is 17.9. The Morgan fingerprint density at radius 1 is 1.14 bits per heavy atom. The van der Waals surface area contributed by atoms with Crippen LogP contribution in [0.25, 0.3) is 0 Å². The molecule has 6 rings (SSSR count). The zero-order valence-corrected chi connectivity index (χ0v) is 22.7. The summed E-state index contributed by atoms with van der Waals surface area (Å²) in [4.78, 5) is 26.4. The van der Waals surface area contributed by atoms with Crippen LogP contribution in [0, 0.1) is 28.6 Å². The van der Waals surface area contributed by atoms with E-state index in [1.807, 2.05) is 6.07 Å². The van der Waals surface area contributed by atoms with Crippen molar-refractivity contribution in [2.75, 3.05) is 26.2 Å². The highest BCUT2D eigenvalue weighted by atomic mass is 16.6. The van der Waals surface area contributed by atoms with Crippen LogP contribution in [0.15, 0.2) is 39.3 Å². The second-order valence-electron chi connectivity index (χ2n) is 13.1. The number of alkyl carbamates (subject to hydrolysis) is 1. The largest absolute Gasteiger partial charge is 0.446 e. The summed E-state index contributed by atoms with van der Waals surface area (Å²) in [7, 11) is 0. The van der Waals surface area contributed by atoms with Crippen molar-refractivity contribution < 1.29 is 13.9 Å². The molecule has 5 aliphatic rings. The molecular weight excluding hydrogens is 464 g/mol. The third kappa shape index (κ3) is 4.57. The number of fused-ring (bicyclic) bond motifs is 5. The van der Waals surface area contributed by atoms with Crippen LogP contribution in [0.3, 0.4) is 0 Å². The average molecular weight is 509 g/mol. The van der Waals surface area contributed by atoms with E-state index in [0.29, 0.717) is 35.6 Å². The third-order valence-electron chi connectivity index (χ3n) is 11.3. The van der Waals surface area contributed by atoms with Crippen LogP contribution < -0.4 is 10.9 Å². The molecule has 202 valence electrons. The molecule has 6 nitrogen and oxygen atoms in total. The number of hydrogen-bond donors (Lipinski definition) is 1. The van der Waals surface area contributed by atoms with Crippen LogP contribution in [-0.2, 0) is 4.74 Å². The number of carbonyl (C=O) groups is 1. The Hall–Kier alpha value is -2.08. The van der Waals surface area contributed by atoms with Gasteiger partial charge in [-0.2, -0.15) is 0 Å². The molecule has 7 atom stereocenters. The topological polar surface area (TPSA) is 71.8 Å². The zero-order valence-electron chi connectivity index (χ0n) is 22.7. The number of amides is 1. The highest BCUT2D eigenvalue weighted by molar-refractivity contribution is 5.67. The van der Waals surface area contributed by atoms with Crippen molar-refractivity contribution in [1.29, 1.82) is 0 Å². The fourth-order valence-corrected chi connectivity index (χ4v) is 9.24. The predicted molar refractivity (Wildman–Crippen MR) is 143 cm³/mol. The molecule has 0 spiro atoms. The van der Waals surface area contributed by atoms with Crippen molar-refractivity contribution in [2.24, 2.45) is 28.6 Å². The summed E-state index contributed by atoms with van der Waals surface area (Å²) >= 11 is 0. The molecule has 1 aliphatic heterocycles. The van der Waals surface area contributed by atoms with E-state index in [9.17, 15) is 9.59 Å². The van der Waals surface area contributed by atoms with Crippen LogP contribution >= 0.6 is 0 Å². The third-order valence-corrected chi connectivity index (χ3v) is 11.3. The van der Waals surface area contributed by atoms with Gasteiger partial charge in [-0.1, -0.05) is 25.5 Å². The fraction of sp³-hybridized carbons (Fsp3) is 0.742. The Morgan fingerprint density at radius 2 is 1.97 bits per heavy atom. The molecule has 3 saturated carbocycles. The van der Waals surface area contributed by atoms with Gasteiger partial charge in [0.25, 0.3) is 0 Å². The summed E-state index contributed by atoms with van der Waals surface area (Å²) in [5.74, 6) is 2.42. The van der Waals surface area contributed by atoms with E-state index in [-0.39, 0.29) is 23.2 Å². The van der Waals surface area contributed by atoms with E-state index < -0.39 is 0 Å². The summed E-state index contributed by atoms with van der Waals surface area (Å²) in [5.41, 5.74) is 3.07. The summed E-state index contributed by atoms with van der Waals surface area (Å²) in [6.45, 7) is 8.92. The number of allylic oxidation sites excluding steroid dienone is 2. The van der Waals surface area contributed by atoms with E-state index in [0.717, 1.165) is 45.3 Å². The average Bonchev–Trinajstić information content (AvgIpc) is 3.52. The Morgan fingerprint density at radius 3 is 2.76 bits per heavy atom. The standard InChI is InChI=1S/C31H44N2O4/c1-30-13-11-23(37-29(35)32-15-18-33-16-3-4-17-33)19-22(30)6-7-24-26-9-8-25(21-5-10-28(34)36-20-21)31(26,2)14-12-27(24)30/h5,9-10,20,22-25,27H,3-4,6-8,11-19H2,1-2H3,(H,32,35). The monoisotopic (exact) mass is 508 g/mol. The van der Waals surface area contributed by atoms with Gasteiger partial charge in [-0.05, 0) is 123 Å². The van der Waals surface area contributed by atoms with Gasteiger partial charge in [-0.25, -0.2) is 9.59 Å². The van der Waals surface area contributed by atoms with Crippen LogP contribution in [0.5, 0.6) is 0 Å². The Labute approximate surface area is 221 Å². The summed E-state index contributed by atoms with van der Waals surface area (Å²) in [5, 5.41) is 3.00. The smallest absolute Gasteiger partial charge is 0.407 e. The van der Waals surface area contributed by atoms with E-state index in [1.165, 1.54) is 44.1 Å². The maximum Gasteiger partial charge on any atom is 0.407 e. The highest BCUT2D eigenvalue weighted by Gasteiger charge is 2.58. The first-order valence-corrected chi connectivity index (χ1v) is 14.8. The van der Waals surface area contributed by atoms with Gasteiger partial charge in [0.05, 0.1) is 6.26 Å². The lowest BCUT2D eigenvalue weighted by molar-refractivity contribution is -0.0842. The van der Waals surface area contributed by atoms with Gasteiger partial charge < -0.3 is 19.4 Å². The summed E-state index contributed by atoms with van der Waals surface area (Å²) in [6.07, 6.45) is 15.8. The molecule has 4 aliphatic carbocycles. The lowest BCUT2D eigenvalue weighted by atomic mass is 9.46. The minimum Gasteiger partial charge on any atom is -0.446 e. The van der Waals surface area contributed by atoms with E-state index in [1.54, 1.807) is 17.9 Å². The molecule has 7 unspecified atom stereocenters. The quantitative estimate of drug-likeness (QED) is 0.503. The maximum absolute atomic E-state index is 12.5. The number of hydrogen-bond acceptors (Lipinski definition) is 5. The molecule has 37 heavy (non-hydrogen) atoms. The van der Waals surface area contributed by atoms with Gasteiger partial charge in [-0.15, -0.1) is 0 Å². The van der Waals surface area contributed by atoms with Crippen LogP contribution in [0.1, 0.15) is 89.5 Å². The molecule has 4 fully saturated rings. The molecule has 0 bridgehead atoms. The highest BCUT2D eigenvalue weighted by Crippen LogP contribution is 2.67. The molecule has 6 heteroatoms. The minimum absolute atomic E-state index is 0.0538. The minimum atomic E-state index is -0.269. The van der Waals surface area contributed by atoms with Gasteiger partial charge in [0.15, 0.2) is 0 Å². The summed E-state index contributed by atoms with van der Waals surface area (Å²) in [6, 6.07) is 3.55. The molecule has 0 radical (unpaired) electrons.